The number of anilines is 1. The fraction of sp³-hybridized carbons (Fsp3) is 0.545. The fourth-order valence-electron chi connectivity index (χ4n) is 1.81. The van der Waals surface area contributed by atoms with Crippen molar-refractivity contribution in [1.29, 1.82) is 0 Å². The molecule has 1 aliphatic carbocycles. The third kappa shape index (κ3) is 1.73. The fourth-order valence-corrected chi connectivity index (χ4v) is 1.81. The van der Waals surface area contributed by atoms with Crippen molar-refractivity contribution in [3.63, 3.8) is 0 Å². The molecule has 5 heteroatoms. The predicted molar refractivity (Wildman–Crippen MR) is 59.3 cm³/mol. The van der Waals surface area contributed by atoms with Crippen molar-refractivity contribution >= 4 is 11.8 Å². The first kappa shape index (κ1) is 10.9. The smallest absolute Gasteiger partial charge is 0.329 e. The summed E-state index contributed by atoms with van der Waals surface area (Å²) < 4.78 is 0. The maximum absolute atomic E-state index is 11.2. The Morgan fingerprint density at radius 3 is 2.69 bits per heavy atom. The Morgan fingerprint density at radius 1 is 1.50 bits per heavy atom. The van der Waals surface area contributed by atoms with Gasteiger partial charge in [0, 0.05) is 6.20 Å². The molecule has 0 aliphatic heterocycles. The van der Waals surface area contributed by atoms with Gasteiger partial charge in [-0.3, -0.25) is 4.98 Å². The number of hydrogen-bond acceptors (Lipinski definition) is 4. The zero-order valence-electron chi connectivity index (χ0n) is 9.45. The van der Waals surface area contributed by atoms with Gasteiger partial charge in [-0.15, -0.1) is 0 Å². The molecule has 0 aromatic carbocycles. The van der Waals surface area contributed by atoms with Crippen LogP contribution >= 0.6 is 0 Å². The van der Waals surface area contributed by atoms with E-state index >= 15 is 0 Å². The van der Waals surface area contributed by atoms with Crippen molar-refractivity contribution in [1.82, 2.24) is 9.97 Å². The Labute approximate surface area is 93.9 Å². The molecule has 0 unspecified atom stereocenters. The highest BCUT2D eigenvalue weighted by Gasteiger charge is 2.45. The largest absolute Gasteiger partial charge is 0.480 e. The van der Waals surface area contributed by atoms with Crippen LogP contribution in [0, 0.1) is 13.8 Å². The Balaban J connectivity index is 2.26. The second kappa shape index (κ2) is 3.73. The molecule has 0 atom stereocenters. The van der Waals surface area contributed by atoms with Crippen LogP contribution in [-0.2, 0) is 4.79 Å². The number of carbonyl (C=O) groups is 1. The van der Waals surface area contributed by atoms with Crippen molar-refractivity contribution in [3.05, 3.63) is 17.6 Å². The number of hydrogen-bond donors (Lipinski definition) is 2. The van der Waals surface area contributed by atoms with E-state index in [1.54, 1.807) is 6.20 Å². The predicted octanol–water partition coefficient (Wildman–Crippen LogP) is 1.51. The van der Waals surface area contributed by atoms with Gasteiger partial charge in [-0.05, 0) is 33.1 Å². The van der Waals surface area contributed by atoms with Gasteiger partial charge < -0.3 is 10.4 Å². The number of rotatable bonds is 3. The van der Waals surface area contributed by atoms with Crippen LogP contribution in [0.3, 0.4) is 0 Å². The lowest BCUT2D eigenvalue weighted by molar-refractivity contribution is -0.145. The summed E-state index contributed by atoms with van der Waals surface area (Å²) in [4.78, 5) is 19.6. The van der Waals surface area contributed by atoms with E-state index in [-0.39, 0.29) is 0 Å². The van der Waals surface area contributed by atoms with Gasteiger partial charge in [0.05, 0.1) is 11.4 Å². The lowest BCUT2D eigenvalue weighted by atomic mass is 9.77. The first-order valence-electron chi connectivity index (χ1n) is 5.35. The third-order valence-corrected chi connectivity index (χ3v) is 3.05. The van der Waals surface area contributed by atoms with Gasteiger partial charge in [0.1, 0.15) is 11.4 Å². The van der Waals surface area contributed by atoms with Crippen LogP contribution in [0.4, 0.5) is 5.82 Å². The average molecular weight is 221 g/mol. The summed E-state index contributed by atoms with van der Waals surface area (Å²) in [5, 5.41) is 12.2. The van der Waals surface area contributed by atoms with Crippen LogP contribution in [0.2, 0.25) is 0 Å². The number of carboxylic acids is 1. The van der Waals surface area contributed by atoms with Gasteiger partial charge in [-0.25, -0.2) is 9.78 Å². The number of aryl methyl sites for hydroxylation is 2. The number of nitrogens with one attached hydrogen (secondary N) is 1. The Hall–Kier alpha value is -1.65. The van der Waals surface area contributed by atoms with Crippen LogP contribution in [0.5, 0.6) is 0 Å². The number of carboxylic acid groups (broad SMARTS) is 1. The summed E-state index contributed by atoms with van der Waals surface area (Å²) in [7, 11) is 0. The molecule has 2 N–H and O–H groups in total. The van der Waals surface area contributed by atoms with E-state index in [2.05, 4.69) is 15.3 Å². The monoisotopic (exact) mass is 221 g/mol. The van der Waals surface area contributed by atoms with Gasteiger partial charge in [-0.1, -0.05) is 0 Å². The molecule has 0 spiro atoms. The van der Waals surface area contributed by atoms with Crippen molar-refractivity contribution < 1.29 is 9.90 Å². The second-order valence-corrected chi connectivity index (χ2v) is 4.31. The maximum atomic E-state index is 11.2. The molecule has 0 bridgehead atoms. The first-order valence-corrected chi connectivity index (χ1v) is 5.35. The molecule has 1 aromatic rings. The van der Waals surface area contributed by atoms with E-state index in [4.69, 9.17) is 0 Å². The standard InChI is InChI=1S/C11H15N3O2/c1-7-6-12-8(2)9(13-7)14-11(10(15)16)4-3-5-11/h6H,3-5H2,1-2H3,(H,13,14)(H,15,16). The van der Waals surface area contributed by atoms with Crippen molar-refractivity contribution in [2.45, 2.75) is 38.6 Å². The van der Waals surface area contributed by atoms with Crippen LogP contribution in [0.1, 0.15) is 30.7 Å². The quantitative estimate of drug-likeness (QED) is 0.809. The van der Waals surface area contributed by atoms with Crippen molar-refractivity contribution in [2.75, 3.05) is 5.32 Å². The molecular formula is C11H15N3O2. The molecule has 1 saturated carbocycles. The van der Waals surface area contributed by atoms with Gasteiger partial charge in [-0.2, -0.15) is 0 Å². The van der Waals surface area contributed by atoms with Gasteiger partial charge >= 0.3 is 5.97 Å². The molecule has 1 heterocycles. The number of nitrogens with zero attached hydrogens (tertiary/aromatic N) is 2. The number of aromatic nitrogens is 2. The van der Waals surface area contributed by atoms with E-state index in [0.717, 1.165) is 17.8 Å². The molecule has 5 nitrogen and oxygen atoms in total. The molecular weight excluding hydrogens is 206 g/mol. The Morgan fingerprint density at radius 2 is 2.19 bits per heavy atom. The van der Waals surface area contributed by atoms with E-state index in [1.807, 2.05) is 13.8 Å². The molecule has 1 fully saturated rings. The molecule has 0 radical (unpaired) electrons. The summed E-state index contributed by atoms with van der Waals surface area (Å²) in [6.45, 7) is 3.66. The van der Waals surface area contributed by atoms with Crippen molar-refractivity contribution in [2.24, 2.45) is 0 Å². The molecule has 0 amide bonds. The molecule has 2 rings (SSSR count). The zero-order chi connectivity index (χ0) is 11.8. The molecule has 1 aliphatic rings. The Bertz CT molecular complexity index is 427. The minimum Gasteiger partial charge on any atom is -0.480 e. The summed E-state index contributed by atoms with van der Waals surface area (Å²) in [5.41, 5.74) is 0.693. The van der Waals surface area contributed by atoms with E-state index < -0.39 is 11.5 Å². The minimum atomic E-state index is -0.826. The van der Waals surface area contributed by atoms with E-state index in [1.165, 1.54) is 0 Å². The topological polar surface area (TPSA) is 75.1 Å². The summed E-state index contributed by atoms with van der Waals surface area (Å²) in [6, 6.07) is 0. The SMILES string of the molecule is Cc1cnc(C)c(NC2(C(=O)O)CCC2)n1. The summed E-state index contributed by atoms with van der Waals surface area (Å²) in [6.07, 6.45) is 3.92. The highest BCUT2D eigenvalue weighted by Crippen LogP contribution is 2.35. The third-order valence-electron chi connectivity index (χ3n) is 3.05. The second-order valence-electron chi connectivity index (χ2n) is 4.31. The van der Waals surface area contributed by atoms with Gasteiger partial charge in [0.2, 0.25) is 0 Å². The van der Waals surface area contributed by atoms with E-state index in [0.29, 0.717) is 18.7 Å². The molecule has 16 heavy (non-hydrogen) atoms. The lowest BCUT2D eigenvalue weighted by Crippen LogP contribution is -2.52. The first-order chi connectivity index (χ1) is 7.53. The molecule has 1 aromatic heterocycles. The zero-order valence-corrected chi connectivity index (χ0v) is 9.45. The Kier molecular flexibility index (Phi) is 2.53. The van der Waals surface area contributed by atoms with Crippen LogP contribution in [0.25, 0.3) is 0 Å². The lowest BCUT2D eigenvalue weighted by Gasteiger charge is -2.38. The van der Waals surface area contributed by atoms with Crippen LogP contribution < -0.4 is 5.32 Å². The minimum absolute atomic E-state index is 0.585. The van der Waals surface area contributed by atoms with Gasteiger partial charge in [0.25, 0.3) is 0 Å². The van der Waals surface area contributed by atoms with Crippen molar-refractivity contribution in [3.8, 4) is 0 Å². The highest BCUT2D eigenvalue weighted by molar-refractivity contribution is 5.83. The molecule has 86 valence electrons. The summed E-state index contributed by atoms with van der Waals surface area (Å²) >= 11 is 0. The normalized spacial score (nSPS) is 17.6. The molecule has 0 saturated heterocycles. The average Bonchev–Trinajstić information content (AvgIpc) is 2.16. The number of aliphatic carboxylic acids is 1. The van der Waals surface area contributed by atoms with Crippen LogP contribution in [-0.4, -0.2) is 26.6 Å². The van der Waals surface area contributed by atoms with Crippen LogP contribution in [0.15, 0.2) is 6.20 Å². The van der Waals surface area contributed by atoms with Gasteiger partial charge in [0.15, 0.2) is 0 Å². The maximum Gasteiger partial charge on any atom is 0.329 e. The summed E-state index contributed by atoms with van der Waals surface area (Å²) in [5.74, 6) is -0.219. The highest BCUT2D eigenvalue weighted by atomic mass is 16.4. The van der Waals surface area contributed by atoms with E-state index in [9.17, 15) is 9.90 Å².